The van der Waals surface area contributed by atoms with Crippen LogP contribution in [0.4, 0.5) is 0 Å². The third kappa shape index (κ3) is 5.50. The molecule has 0 spiro atoms. The summed E-state index contributed by atoms with van der Waals surface area (Å²) >= 11 is -2.04. The molecular formula is C18H29NOSn. The van der Waals surface area contributed by atoms with E-state index in [-0.39, 0.29) is 18.0 Å². The van der Waals surface area contributed by atoms with Crippen molar-refractivity contribution in [2.75, 3.05) is 0 Å². The van der Waals surface area contributed by atoms with Crippen LogP contribution in [-0.2, 0) is 4.79 Å². The van der Waals surface area contributed by atoms with E-state index in [1.165, 1.54) is 3.58 Å². The summed E-state index contributed by atoms with van der Waals surface area (Å²) in [6.45, 7) is 8.22. The van der Waals surface area contributed by atoms with Crippen LogP contribution in [0, 0.1) is 0 Å². The van der Waals surface area contributed by atoms with E-state index in [0.29, 0.717) is 0 Å². The molecule has 0 aliphatic carbocycles. The van der Waals surface area contributed by atoms with Gasteiger partial charge in [0, 0.05) is 0 Å². The number of carbonyl (C=O) groups is 1. The molecule has 0 atom stereocenters. The van der Waals surface area contributed by atoms with E-state index >= 15 is 0 Å². The van der Waals surface area contributed by atoms with Crippen molar-refractivity contribution in [2.45, 2.75) is 54.6 Å². The molecule has 0 fully saturated rings. The quantitative estimate of drug-likeness (QED) is 0.548. The standard InChI is InChI=1S/C15H20NO.3CH3.Sn/c1-12(2)16(13(3)4)15(17)11-10-14-8-6-5-7-9-14;;;;/h5-6,8-13H,1-4H3;3*1H3;/b11-10+;;;;. The van der Waals surface area contributed by atoms with Crippen LogP contribution >= 0.6 is 0 Å². The zero-order valence-electron chi connectivity index (χ0n) is 14.5. The van der Waals surface area contributed by atoms with Crippen molar-refractivity contribution < 1.29 is 4.79 Å². The molecule has 116 valence electrons. The zero-order chi connectivity index (χ0) is 16.2. The second-order valence-electron chi connectivity index (χ2n) is 7.14. The summed E-state index contributed by atoms with van der Waals surface area (Å²) in [5.41, 5.74) is 1.12. The number of rotatable bonds is 5. The molecule has 0 bridgehead atoms. The average molecular weight is 394 g/mol. The molecule has 0 aliphatic rings. The van der Waals surface area contributed by atoms with Gasteiger partial charge in [0.05, 0.1) is 0 Å². The van der Waals surface area contributed by atoms with Gasteiger partial charge < -0.3 is 0 Å². The normalized spacial score (nSPS) is 12.4. The van der Waals surface area contributed by atoms with Gasteiger partial charge in [0.1, 0.15) is 0 Å². The van der Waals surface area contributed by atoms with Crippen molar-refractivity contribution in [3.63, 3.8) is 0 Å². The number of hydrogen-bond donors (Lipinski definition) is 0. The Labute approximate surface area is 134 Å². The monoisotopic (exact) mass is 395 g/mol. The van der Waals surface area contributed by atoms with Crippen molar-refractivity contribution in [1.82, 2.24) is 4.90 Å². The van der Waals surface area contributed by atoms with Crippen molar-refractivity contribution >= 4 is 33.9 Å². The first-order chi connectivity index (χ1) is 9.62. The van der Waals surface area contributed by atoms with Gasteiger partial charge in [0.15, 0.2) is 0 Å². The second-order valence-corrected chi connectivity index (χ2v) is 21.6. The average Bonchev–Trinajstić information content (AvgIpc) is 2.35. The summed E-state index contributed by atoms with van der Waals surface area (Å²) in [4.78, 5) is 21.5. The molecular weight excluding hydrogens is 365 g/mol. The van der Waals surface area contributed by atoms with Gasteiger partial charge in [-0.2, -0.15) is 0 Å². The first-order valence-corrected chi connectivity index (χ1v) is 17.7. The molecule has 0 heterocycles. The van der Waals surface area contributed by atoms with E-state index < -0.39 is 18.4 Å². The van der Waals surface area contributed by atoms with Crippen LogP contribution in [0.25, 0.3) is 6.08 Å². The van der Waals surface area contributed by atoms with Crippen LogP contribution < -0.4 is 3.58 Å². The van der Waals surface area contributed by atoms with E-state index in [2.05, 4.69) is 66.8 Å². The molecule has 0 N–H and O–H groups in total. The maximum atomic E-state index is 12.3. The fourth-order valence-corrected chi connectivity index (χ4v) is 5.88. The molecule has 21 heavy (non-hydrogen) atoms. The van der Waals surface area contributed by atoms with Gasteiger partial charge in [-0.25, -0.2) is 0 Å². The summed E-state index contributed by atoms with van der Waals surface area (Å²) in [5.74, 6) is 0.0877. The Bertz CT molecular complexity index is 504. The van der Waals surface area contributed by atoms with Crippen molar-refractivity contribution in [1.29, 1.82) is 0 Å². The van der Waals surface area contributed by atoms with Crippen LogP contribution in [0.15, 0.2) is 30.3 Å². The summed E-state index contributed by atoms with van der Waals surface area (Å²) in [6, 6.07) is 9.08. The molecule has 2 nitrogen and oxygen atoms in total. The number of benzene rings is 1. The molecule has 0 unspecified atom stereocenters. The van der Waals surface area contributed by atoms with Gasteiger partial charge in [0.2, 0.25) is 0 Å². The number of nitrogens with zero attached hydrogens (tertiary/aromatic N) is 1. The van der Waals surface area contributed by atoms with Crippen LogP contribution in [0.2, 0.25) is 14.8 Å². The van der Waals surface area contributed by atoms with E-state index in [4.69, 9.17) is 0 Å². The van der Waals surface area contributed by atoms with Crippen LogP contribution in [0.5, 0.6) is 0 Å². The van der Waals surface area contributed by atoms with Crippen molar-refractivity contribution in [3.05, 3.63) is 35.9 Å². The fraction of sp³-hybridized carbons (Fsp3) is 0.500. The Kier molecular flexibility index (Phi) is 6.51. The minimum atomic E-state index is -2.04. The number of carbonyl (C=O) groups excluding carboxylic acids is 1. The predicted octanol–water partition coefficient (Wildman–Crippen LogP) is 3.89. The molecule has 1 aromatic carbocycles. The zero-order valence-corrected chi connectivity index (χ0v) is 17.3. The Hall–Kier alpha value is -0.771. The first kappa shape index (κ1) is 18.3. The van der Waals surface area contributed by atoms with Gasteiger partial charge in [-0.3, -0.25) is 0 Å². The molecule has 3 heteroatoms. The van der Waals surface area contributed by atoms with Gasteiger partial charge in [0.25, 0.3) is 0 Å². The molecule has 0 radical (unpaired) electrons. The maximum absolute atomic E-state index is 12.3. The van der Waals surface area contributed by atoms with Crippen LogP contribution in [-0.4, -0.2) is 41.3 Å². The summed E-state index contributed by atoms with van der Waals surface area (Å²) in [7, 11) is 0. The van der Waals surface area contributed by atoms with Crippen molar-refractivity contribution in [3.8, 4) is 0 Å². The molecule has 0 saturated heterocycles. The third-order valence-electron chi connectivity index (χ3n) is 3.54. The Morgan fingerprint density at radius 2 is 1.67 bits per heavy atom. The van der Waals surface area contributed by atoms with E-state index in [9.17, 15) is 4.79 Å². The first-order valence-electron chi connectivity index (χ1n) is 7.74. The van der Waals surface area contributed by atoms with Gasteiger partial charge in [-0.15, -0.1) is 0 Å². The van der Waals surface area contributed by atoms with E-state index in [1.54, 1.807) is 6.08 Å². The van der Waals surface area contributed by atoms with E-state index in [1.807, 2.05) is 11.0 Å². The fourth-order valence-electron chi connectivity index (χ4n) is 2.47. The van der Waals surface area contributed by atoms with Gasteiger partial charge >= 0.3 is 134 Å². The second kappa shape index (κ2) is 7.48. The Morgan fingerprint density at radius 1 is 1.10 bits per heavy atom. The molecule has 0 saturated carbocycles. The Balaban J connectivity index is 2.93. The molecule has 0 aromatic heterocycles. The van der Waals surface area contributed by atoms with Gasteiger partial charge in [-0.05, 0) is 0 Å². The number of hydrogen-bond acceptors (Lipinski definition) is 1. The van der Waals surface area contributed by atoms with E-state index in [0.717, 1.165) is 5.56 Å². The summed E-state index contributed by atoms with van der Waals surface area (Å²) in [5, 5.41) is 0. The molecule has 1 rings (SSSR count). The predicted molar refractivity (Wildman–Crippen MR) is 95.6 cm³/mol. The summed E-state index contributed by atoms with van der Waals surface area (Å²) in [6.07, 6.45) is 3.65. The van der Waals surface area contributed by atoms with Gasteiger partial charge in [-0.1, -0.05) is 0 Å². The molecule has 1 amide bonds. The number of amides is 1. The molecule has 1 aromatic rings. The third-order valence-corrected chi connectivity index (χ3v) is 9.37. The minimum absolute atomic E-state index is 0.0877. The topological polar surface area (TPSA) is 20.3 Å². The summed E-state index contributed by atoms with van der Waals surface area (Å²) < 4.78 is 1.49. The van der Waals surface area contributed by atoms with Crippen molar-refractivity contribution in [2.24, 2.45) is 0 Å². The Morgan fingerprint density at radius 3 is 2.14 bits per heavy atom. The molecule has 0 aliphatic heterocycles. The van der Waals surface area contributed by atoms with Crippen LogP contribution in [0.3, 0.4) is 0 Å². The SMILES string of the molecule is CC(C)N(C(=O)/C=C/c1ccc[c]([Sn]([CH3])([CH3])[CH3])c1)C(C)C. The van der Waals surface area contributed by atoms with Crippen LogP contribution in [0.1, 0.15) is 33.3 Å².